The molecule has 12 heteroatoms. The molecule has 232 valence electrons. The van der Waals surface area contributed by atoms with E-state index in [0.717, 1.165) is 37.4 Å². The molecule has 2 aromatic heterocycles. The van der Waals surface area contributed by atoms with Crippen molar-refractivity contribution >= 4 is 46.2 Å². The minimum atomic E-state index is -0.314. The van der Waals surface area contributed by atoms with Crippen LogP contribution in [0.15, 0.2) is 85.1 Å². The fourth-order valence-corrected chi connectivity index (χ4v) is 5.65. The number of hydrogen-bond acceptors (Lipinski definition) is 9. The van der Waals surface area contributed by atoms with E-state index in [2.05, 4.69) is 61.8 Å². The Bertz CT molecular complexity index is 1680. The first-order valence-corrected chi connectivity index (χ1v) is 15.7. The zero-order chi connectivity index (χ0) is 31.2. The van der Waals surface area contributed by atoms with Crippen LogP contribution in [0.25, 0.3) is 5.65 Å². The van der Waals surface area contributed by atoms with Gasteiger partial charge in [0, 0.05) is 39.3 Å². The number of anilines is 2. The average Bonchev–Trinajstić information content (AvgIpc) is 3.48. The second-order valence-corrected chi connectivity index (χ2v) is 11.8. The van der Waals surface area contributed by atoms with Crippen molar-refractivity contribution in [1.29, 1.82) is 0 Å². The summed E-state index contributed by atoms with van der Waals surface area (Å²) in [7, 11) is 3.33. The SMILES string of the molecule is COc1ccc(CN(Cc2ccc(OC)cc2)c2nc(N3CCN(C(=O)OCc4ccccc4)CC3)nc3c(I)cnn23)cc1. The summed E-state index contributed by atoms with van der Waals surface area (Å²) in [6.07, 6.45) is 1.49. The number of hydrogen-bond donors (Lipinski definition) is 0. The molecule has 1 aliphatic heterocycles. The van der Waals surface area contributed by atoms with Crippen LogP contribution in [0.3, 0.4) is 0 Å². The van der Waals surface area contributed by atoms with Gasteiger partial charge in [0.2, 0.25) is 11.9 Å². The zero-order valence-electron chi connectivity index (χ0n) is 25.2. The summed E-state index contributed by atoms with van der Waals surface area (Å²) < 4.78 is 19.0. The van der Waals surface area contributed by atoms with Gasteiger partial charge >= 0.3 is 6.09 Å². The Labute approximate surface area is 275 Å². The van der Waals surface area contributed by atoms with E-state index in [1.54, 1.807) is 29.8 Å². The lowest BCUT2D eigenvalue weighted by Gasteiger charge is -2.34. The number of methoxy groups -OCH3 is 2. The molecule has 3 heterocycles. The molecule has 1 saturated heterocycles. The number of halogens is 1. The molecule has 1 amide bonds. The molecule has 3 aromatic carbocycles. The molecule has 0 spiro atoms. The predicted molar refractivity (Wildman–Crippen MR) is 180 cm³/mol. The first kappa shape index (κ1) is 30.4. The Kier molecular flexibility index (Phi) is 9.48. The van der Waals surface area contributed by atoms with Crippen LogP contribution in [0.5, 0.6) is 11.5 Å². The number of aromatic nitrogens is 4. The lowest BCUT2D eigenvalue weighted by molar-refractivity contribution is 0.0940. The standard InChI is InChI=1S/C33H34IN7O4/c1-43-27-12-8-24(9-13-27)21-40(22-25-10-14-28(44-2)15-11-25)32-37-31(36-30-29(34)20-35-41(30)32)38-16-18-39(19-17-38)33(42)45-23-26-6-4-3-5-7-26/h3-15,20H,16-19,21-23H2,1-2H3. The molecule has 45 heavy (non-hydrogen) atoms. The van der Waals surface area contributed by atoms with Crippen LogP contribution < -0.4 is 19.3 Å². The Hall–Kier alpha value is -4.59. The molecule has 6 rings (SSSR count). The Morgan fingerprint density at radius 2 is 1.40 bits per heavy atom. The van der Waals surface area contributed by atoms with Gasteiger partial charge in [-0.2, -0.15) is 19.6 Å². The van der Waals surface area contributed by atoms with Gasteiger partial charge in [-0.05, 0) is 63.5 Å². The maximum absolute atomic E-state index is 12.8. The van der Waals surface area contributed by atoms with Crippen molar-refractivity contribution in [2.75, 3.05) is 50.2 Å². The largest absolute Gasteiger partial charge is 0.497 e. The highest BCUT2D eigenvalue weighted by Crippen LogP contribution is 2.26. The van der Waals surface area contributed by atoms with Gasteiger partial charge in [-0.15, -0.1) is 0 Å². The van der Waals surface area contributed by atoms with Gasteiger partial charge in [0.05, 0.1) is 24.0 Å². The number of carbonyl (C=O) groups excluding carboxylic acids is 1. The summed E-state index contributed by atoms with van der Waals surface area (Å²) in [5.74, 6) is 2.88. The lowest BCUT2D eigenvalue weighted by atomic mass is 10.1. The minimum absolute atomic E-state index is 0.251. The maximum Gasteiger partial charge on any atom is 0.410 e. The molecule has 0 unspecified atom stereocenters. The van der Waals surface area contributed by atoms with Crippen LogP contribution in [0.1, 0.15) is 16.7 Å². The van der Waals surface area contributed by atoms with Crippen molar-refractivity contribution in [3.8, 4) is 11.5 Å². The quantitative estimate of drug-likeness (QED) is 0.176. The Morgan fingerprint density at radius 1 is 0.800 bits per heavy atom. The first-order chi connectivity index (χ1) is 22.0. The Balaban J connectivity index is 1.25. The van der Waals surface area contributed by atoms with E-state index in [-0.39, 0.29) is 12.7 Å². The van der Waals surface area contributed by atoms with Crippen molar-refractivity contribution < 1.29 is 19.0 Å². The number of piperazine rings is 1. The molecule has 11 nitrogen and oxygen atoms in total. The van der Waals surface area contributed by atoms with Crippen LogP contribution in [0.4, 0.5) is 16.7 Å². The summed E-state index contributed by atoms with van der Waals surface area (Å²) in [4.78, 5) is 28.9. The van der Waals surface area contributed by atoms with Gasteiger partial charge in [-0.1, -0.05) is 54.6 Å². The number of amides is 1. The van der Waals surface area contributed by atoms with Crippen molar-refractivity contribution in [2.24, 2.45) is 0 Å². The van der Waals surface area contributed by atoms with Gasteiger partial charge in [-0.25, -0.2) is 4.79 Å². The molecule has 0 atom stereocenters. The van der Waals surface area contributed by atoms with E-state index in [4.69, 9.17) is 24.2 Å². The second-order valence-electron chi connectivity index (χ2n) is 10.6. The van der Waals surface area contributed by atoms with E-state index in [0.29, 0.717) is 51.2 Å². The van der Waals surface area contributed by atoms with Crippen LogP contribution >= 0.6 is 22.6 Å². The monoisotopic (exact) mass is 719 g/mol. The number of benzene rings is 3. The fourth-order valence-electron chi connectivity index (χ4n) is 5.17. The summed E-state index contributed by atoms with van der Waals surface area (Å²) in [6, 6.07) is 25.8. The van der Waals surface area contributed by atoms with E-state index in [1.165, 1.54) is 0 Å². The number of rotatable bonds is 10. The summed E-state index contributed by atoms with van der Waals surface area (Å²) in [5.41, 5.74) is 3.89. The minimum Gasteiger partial charge on any atom is -0.497 e. The highest BCUT2D eigenvalue weighted by Gasteiger charge is 2.26. The van der Waals surface area contributed by atoms with Crippen molar-refractivity contribution in [1.82, 2.24) is 24.5 Å². The van der Waals surface area contributed by atoms with Gasteiger partial charge in [-0.3, -0.25) is 0 Å². The second kappa shape index (κ2) is 14.0. The number of nitrogens with zero attached hydrogens (tertiary/aromatic N) is 7. The topological polar surface area (TPSA) is 97.6 Å². The van der Waals surface area contributed by atoms with Crippen LogP contribution in [-0.2, 0) is 24.4 Å². The van der Waals surface area contributed by atoms with Gasteiger partial charge < -0.3 is 28.9 Å². The average molecular weight is 720 g/mol. The molecular formula is C33H34IN7O4. The third-order valence-corrected chi connectivity index (χ3v) is 8.43. The Morgan fingerprint density at radius 3 is 1.98 bits per heavy atom. The van der Waals surface area contributed by atoms with Crippen LogP contribution in [0.2, 0.25) is 0 Å². The third-order valence-electron chi connectivity index (χ3n) is 7.67. The first-order valence-electron chi connectivity index (χ1n) is 14.6. The van der Waals surface area contributed by atoms with Crippen molar-refractivity contribution in [3.63, 3.8) is 0 Å². The molecule has 0 radical (unpaired) electrons. The van der Waals surface area contributed by atoms with E-state index < -0.39 is 0 Å². The van der Waals surface area contributed by atoms with E-state index >= 15 is 0 Å². The predicted octanol–water partition coefficient (Wildman–Crippen LogP) is 5.41. The molecule has 0 saturated carbocycles. The van der Waals surface area contributed by atoms with E-state index in [1.807, 2.05) is 54.6 Å². The maximum atomic E-state index is 12.8. The molecule has 0 aliphatic carbocycles. The molecule has 5 aromatic rings. The van der Waals surface area contributed by atoms with E-state index in [9.17, 15) is 4.79 Å². The summed E-state index contributed by atoms with van der Waals surface area (Å²) >= 11 is 2.26. The van der Waals surface area contributed by atoms with Gasteiger partial charge in [0.15, 0.2) is 5.65 Å². The third kappa shape index (κ3) is 7.22. The summed E-state index contributed by atoms with van der Waals surface area (Å²) in [5, 5.41) is 4.66. The molecule has 1 aliphatic rings. The highest BCUT2D eigenvalue weighted by atomic mass is 127. The zero-order valence-corrected chi connectivity index (χ0v) is 27.3. The highest BCUT2D eigenvalue weighted by molar-refractivity contribution is 14.1. The number of carbonyl (C=O) groups is 1. The molecular weight excluding hydrogens is 685 g/mol. The van der Waals surface area contributed by atoms with Crippen molar-refractivity contribution in [3.05, 3.63) is 105 Å². The summed E-state index contributed by atoms with van der Waals surface area (Å²) in [6.45, 7) is 3.60. The molecule has 1 fully saturated rings. The normalized spacial score (nSPS) is 13.1. The number of ether oxygens (including phenoxy) is 3. The van der Waals surface area contributed by atoms with Gasteiger partial charge in [0.1, 0.15) is 18.1 Å². The van der Waals surface area contributed by atoms with Crippen LogP contribution in [-0.4, -0.2) is 71.0 Å². The lowest BCUT2D eigenvalue weighted by Crippen LogP contribution is -2.49. The van der Waals surface area contributed by atoms with Gasteiger partial charge in [0.25, 0.3) is 0 Å². The molecule has 0 N–H and O–H groups in total. The number of fused-ring (bicyclic) bond motifs is 1. The van der Waals surface area contributed by atoms with Crippen molar-refractivity contribution in [2.45, 2.75) is 19.7 Å². The van der Waals surface area contributed by atoms with Crippen LogP contribution in [0, 0.1) is 3.57 Å². The smallest absolute Gasteiger partial charge is 0.410 e. The fraction of sp³-hybridized carbons (Fsp3) is 0.273. The molecule has 0 bridgehead atoms.